The lowest BCUT2D eigenvalue weighted by Gasteiger charge is -2.25. The van der Waals surface area contributed by atoms with Gasteiger partial charge in [-0.2, -0.15) is 0 Å². The number of benzene rings is 1. The van der Waals surface area contributed by atoms with Crippen LogP contribution in [0, 0.1) is 0 Å². The molecule has 3 amide bonds. The Labute approximate surface area is 161 Å². The number of anilines is 1. The average Bonchev–Trinajstić information content (AvgIpc) is 3.31. The fourth-order valence-corrected chi connectivity index (χ4v) is 3.05. The van der Waals surface area contributed by atoms with Gasteiger partial charge in [-0.3, -0.25) is 4.79 Å². The van der Waals surface area contributed by atoms with Gasteiger partial charge in [0, 0.05) is 18.3 Å². The number of hydrogen-bond donors (Lipinski definition) is 3. The predicted octanol–water partition coefficient (Wildman–Crippen LogP) is 1.49. The van der Waals surface area contributed by atoms with Crippen molar-refractivity contribution in [3.63, 3.8) is 0 Å². The summed E-state index contributed by atoms with van der Waals surface area (Å²) in [5.74, 6) is -1.44. The van der Waals surface area contributed by atoms with Crippen molar-refractivity contribution < 1.29 is 19.5 Å². The molecule has 0 aliphatic carbocycles. The van der Waals surface area contributed by atoms with E-state index in [1.54, 1.807) is 29.2 Å². The standard InChI is InChI=1S/C18H22N6O4/c1-11(2)19-18(28)23-8-4-7-15(23)16(25)20-12-5-3-6-13(9-12)24-10-14(17(26)27)21-22-24/h3,5-6,9-11,15H,4,7-8H2,1-2H3,(H,19,28)(H,20,25)(H,26,27)/t15-/m0/s1. The molecule has 1 aromatic carbocycles. The van der Waals surface area contributed by atoms with E-state index in [1.807, 2.05) is 13.8 Å². The highest BCUT2D eigenvalue weighted by atomic mass is 16.4. The van der Waals surface area contributed by atoms with E-state index in [0.29, 0.717) is 24.3 Å². The first-order valence-corrected chi connectivity index (χ1v) is 8.99. The van der Waals surface area contributed by atoms with Crippen LogP contribution >= 0.6 is 0 Å². The molecule has 3 N–H and O–H groups in total. The minimum atomic E-state index is -1.17. The predicted molar refractivity (Wildman–Crippen MR) is 100 cm³/mol. The number of carbonyl (C=O) groups is 3. The molecule has 1 aromatic heterocycles. The zero-order chi connectivity index (χ0) is 20.3. The number of nitrogens with zero attached hydrogens (tertiary/aromatic N) is 4. The number of likely N-dealkylation sites (tertiary alicyclic amines) is 1. The number of amides is 3. The van der Waals surface area contributed by atoms with Gasteiger partial charge in [-0.05, 0) is 44.9 Å². The van der Waals surface area contributed by atoms with Crippen LogP contribution in [0.2, 0.25) is 0 Å². The second-order valence-corrected chi connectivity index (χ2v) is 6.85. The highest BCUT2D eigenvalue weighted by molar-refractivity contribution is 5.97. The molecule has 0 bridgehead atoms. The lowest BCUT2D eigenvalue weighted by atomic mass is 10.2. The van der Waals surface area contributed by atoms with Crippen molar-refractivity contribution in [3.05, 3.63) is 36.2 Å². The summed E-state index contributed by atoms with van der Waals surface area (Å²) in [5, 5.41) is 21.9. The first kappa shape index (κ1) is 19.3. The van der Waals surface area contributed by atoms with E-state index in [2.05, 4.69) is 20.9 Å². The smallest absolute Gasteiger partial charge is 0.358 e. The third kappa shape index (κ3) is 4.27. The van der Waals surface area contributed by atoms with Crippen LogP contribution in [0.1, 0.15) is 37.2 Å². The normalized spacial score (nSPS) is 16.2. The molecule has 1 aliphatic heterocycles. The molecular formula is C18H22N6O4. The van der Waals surface area contributed by atoms with E-state index in [9.17, 15) is 14.4 Å². The number of hydrogen-bond acceptors (Lipinski definition) is 5. The zero-order valence-corrected chi connectivity index (χ0v) is 15.6. The number of aromatic carboxylic acids is 1. The van der Waals surface area contributed by atoms with Gasteiger partial charge in [0.2, 0.25) is 5.91 Å². The maximum Gasteiger partial charge on any atom is 0.358 e. The number of carbonyl (C=O) groups excluding carboxylic acids is 2. The number of urea groups is 1. The molecule has 2 heterocycles. The molecule has 0 radical (unpaired) electrons. The molecule has 0 saturated carbocycles. The maximum absolute atomic E-state index is 12.7. The fraction of sp³-hybridized carbons (Fsp3) is 0.389. The molecule has 28 heavy (non-hydrogen) atoms. The van der Waals surface area contributed by atoms with Crippen LogP contribution < -0.4 is 10.6 Å². The highest BCUT2D eigenvalue weighted by Crippen LogP contribution is 2.20. The van der Waals surface area contributed by atoms with E-state index >= 15 is 0 Å². The lowest BCUT2D eigenvalue weighted by molar-refractivity contribution is -0.119. The first-order valence-electron chi connectivity index (χ1n) is 8.99. The molecule has 0 unspecified atom stereocenters. The second-order valence-electron chi connectivity index (χ2n) is 6.85. The summed E-state index contributed by atoms with van der Waals surface area (Å²) in [5.41, 5.74) is 0.900. The monoisotopic (exact) mass is 386 g/mol. The second kappa shape index (κ2) is 8.07. The summed E-state index contributed by atoms with van der Waals surface area (Å²) in [6.45, 7) is 4.27. The Morgan fingerprint density at radius 2 is 2.07 bits per heavy atom. The molecule has 0 spiro atoms. The van der Waals surface area contributed by atoms with Gasteiger partial charge in [-0.15, -0.1) is 5.10 Å². The molecule has 1 atom stereocenters. The molecule has 10 heteroatoms. The Morgan fingerprint density at radius 3 is 2.75 bits per heavy atom. The van der Waals surface area contributed by atoms with Crippen LogP contribution in [-0.2, 0) is 4.79 Å². The Kier molecular flexibility index (Phi) is 5.57. The summed E-state index contributed by atoms with van der Waals surface area (Å²) >= 11 is 0. The summed E-state index contributed by atoms with van der Waals surface area (Å²) < 4.78 is 1.32. The van der Waals surface area contributed by atoms with Crippen molar-refractivity contribution in [2.45, 2.75) is 38.8 Å². The lowest BCUT2D eigenvalue weighted by Crippen LogP contribution is -2.49. The SMILES string of the molecule is CC(C)NC(=O)N1CCC[C@H]1C(=O)Nc1cccc(-n2cc(C(=O)O)nn2)c1. The van der Waals surface area contributed by atoms with Gasteiger partial charge in [-0.1, -0.05) is 11.3 Å². The number of aromatic nitrogens is 3. The van der Waals surface area contributed by atoms with E-state index in [0.717, 1.165) is 6.42 Å². The van der Waals surface area contributed by atoms with E-state index < -0.39 is 12.0 Å². The fourth-order valence-electron chi connectivity index (χ4n) is 3.05. The van der Waals surface area contributed by atoms with Gasteiger partial charge in [0.15, 0.2) is 5.69 Å². The summed E-state index contributed by atoms with van der Waals surface area (Å²) in [6, 6.07) is 6.01. The van der Waals surface area contributed by atoms with Crippen molar-refractivity contribution in [1.82, 2.24) is 25.2 Å². The van der Waals surface area contributed by atoms with Crippen molar-refractivity contribution in [3.8, 4) is 5.69 Å². The van der Waals surface area contributed by atoms with Crippen LogP contribution in [0.4, 0.5) is 10.5 Å². The highest BCUT2D eigenvalue weighted by Gasteiger charge is 2.34. The van der Waals surface area contributed by atoms with Gasteiger partial charge in [-0.25, -0.2) is 14.3 Å². The molecular weight excluding hydrogens is 364 g/mol. The van der Waals surface area contributed by atoms with Gasteiger partial charge in [0.05, 0.1) is 11.9 Å². The first-order chi connectivity index (χ1) is 13.3. The van der Waals surface area contributed by atoms with Gasteiger partial charge in [0.25, 0.3) is 0 Å². The molecule has 1 saturated heterocycles. The Morgan fingerprint density at radius 1 is 1.29 bits per heavy atom. The van der Waals surface area contributed by atoms with E-state index in [4.69, 9.17) is 5.11 Å². The minimum Gasteiger partial charge on any atom is -0.476 e. The third-order valence-corrected chi connectivity index (χ3v) is 4.32. The van der Waals surface area contributed by atoms with Crippen molar-refractivity contribution in [2.75, 3.05) is 11.9 Å². The van der Waals surface area contributed by atoms with E-state index in [1.165, 1.54) is 10.9 Å². The number of nitrogens with one attached hydrogen (secondary N) is 2. The molecule has 148 valence electrons. The summed E-state index contributed by atoms with van der Waals surface area (Å²) in [6.07, 6.45) is 2.65. The topological polar surface area (TPSA) is 129 Å². The van der Waals surface area contributed by atoms with E-state index in [-0.39, 0.29) is 23.7 Å². The van der Waals surface area contributed by atoms with Crippen molar-refractivity contribution in [1.29, 1.82) is 0 Å². The number of carboxylic acid groups (broad SMARTS) is 1. The van der Waals surface area contributed by atoms with Crippen LogP contribution in [0.15, 0.2) is 30.5 Å². The summed E-state index contributed by atoms with van der Waals surface area (Å²) in [4.78, 5) is 37.5. The van der Waals surface area contributed by atoms with Crippen LogP contribution in [0.3, 0.4) is 0 Å². The Balaban J connectivity index is 1.71. The minimum absolute atomic E-state index is 0.00753. The zero-order valence-electron chi connectivity index (χ0n) is 15.6. The maximum atomic E-state index is 12.7. The van der Waals surface area contributed by atoms with Crippen LogP contribution in [0.5, 0.6) is 0 Å². The molecule has 3 rings (SSSR count). The number of carboxylic acids is 1. The molecule has 2 aromatic rings. The third-order valence-electron chi connectivity index (χ3n) is 4.32. The molecule has 1 aliphatic rings. The quantitative estimate of drug-likeness (QED) is 0.714. The number of rotatable bonds is 5. The van der Waals surface area contributed by atoms with Gasteiger partial charge >= 0.3 is 12.0 Å². The van der Waals surface area contributed by atoms with Crippen LogP contribution in [-0.4, -0.2) is 61.5 Å². The average molecular weight is 386 g/mol. The van der Waals surface area contributed by atoms with Gasteiger partial charge < -0.3 is 20.6 Å². The summed E-state index contributed by atoms with van der Waals surface area (Å²) in [7, 11) is 0. The molecule has 1 fully saturated rings. The van der Waals surface area contributed by atoms with Gasteiger partial charge in [0.1, 0.15) is 6.04 Å². The largest absolute Gasteiger partial charge is 0.476 e. The van der Waals surface area contributed by atoms with Crippen molar-refractivity contribution >= 4 is 23.6 Å². The Hall–Kier alpha value is -3.43. The Bertz CT molecular complexity index is 894. The molecule has 10 nitrogen and oxygen atoms in total. The van der Waals surface area contributed by atoms with Crippen LogP contribution in [0.25, 0.3) is 5.69 Å². The van der Waals surface area contributed by atoms with Crippen molar-refractivity contribution in [2.24, 2.45) is 0 Å².